The van der Waals surface area contributed by atoms with E-state index in [0.29, 0.717) is 6.54 Å². The SMILES string of the molecule is CN=C(NCc1nnc2ccccn12)NCC1(c2cccc(C)c2)CCCCC1.I. The monoisotopic (exact) mass is 518 g/mol. The zero-order chi connectivity index (χ0) is 20.1. The van der Waals surface area contributed by atoms with Crippen LogP contribution in [0.2, 0.25) is 0 Å². The highest BCUT2D eigenvalue weighted by molar-refractivity contribution is 14.0. The zero-order valence-corrected chi connectivity index (χ0v) is 20.1. The highest BCUT2D eigenvalue weighted by Gasteiger charge is 2.34. The maximum atomic E-state index is 4.43. The van der Waals surface area contributed by atoms with Crippen LogP contribution in [0.5, 0.6) is 0 Å². The quantitative estimate of drug-likeness (QED) is 0.302. The number of hydrogen-bond acceptors (Lipinski definition) is 3. The number of benzene rings is 1. The van der Waals surface area contributed by atoms with Crippen molar-refractivity contribution in [2.24, 2.45) is 4.99 Å². The second-order valence-electron chi connectivity index (χ2n) is 8.03. The molecule has 0 amide bonds. The lowest BCUT2D eigenvalue weighted by atomic mass is 9.69. The number of aliphatic imine (C=N–C) groups is 1. The Bertz CT molecular complexity index is 990. The highest BCUT2D eigenvalue weighted by atomic mass is 127. The molecule has 1 aliphatic carbocycles. The molecule has 0 saturated heterocycles. The van der Waals surface area contributed by atoms with Crippen LogP contribution in [0.15, 0.2) is 53.7 Å². The van der Waals surface area contributed by atoms with Gasteiger partial charge in [0.2, 0.25) is 0 Å². The Balaban J connectivity index is 0.00000256. The Morgan fingerprint density at radius 1 is 1.07 bits per heavy atom. The van der Waals surface area contributed by atoms with Gasteiger partial charge in [0, 0.05) is 25.2 Å². The molecule has 0 bridgehead atoms. The summed E-state index contributed by atoms with van der Waals surface area (Å²) in [4.78, 5) is 4.43. The van der Waals surface area contributed by atoms with Gasteiger partial charge in [-0.3, -0.25) is 9.39 Å². The van der Waals surface area contributed by atoms with Crippen molar-refractivity contribution >= 4 is 35.6 Å². The number of nitrogens with zero attached hydrogens (tertiary/aromatic N) is 4. The number of guanidine groups is 1. The van der Waals surface area contributed by atoms with Crippen molar-refractivity contribution in [1.29, 1.82) is 0 Å². The van der Waals surface area contributed by atoms with Crippen LogP contribution >= 0.6 is 24.0 Å². The fourth-order valence-corrected chi connectivity index (χ4v) is 4.42. The molecule has 1 aromatic carbocycles. The minimum atomic E-state index is 0. The van der Waals surface area contributed by atoms with Crippen LogP contribution in [-0.4, -0.2) is 34.2 Å². The van der Waals surface area contributed by atoms with Gasteiger partial charge in [0.1, 0.15) is 0 Å². The number of pyridine rings is 1. The van der Waals surface area contributed by atoms with Crippen LogP contribution in [0.3, 0.4) is 0 Å². The molecule has 160 valence electrons. The molecule has 0 atom stereocenters. The van der Waals surface area contributed by atoms with E-state index in [0.717, 1.165) is 24.0 Å². The summed E-state index contributed by atoms with van der Waals surface area (Å²) in [7, 11) is 1.82. The zero-order valence-electron chi connectivity index (χ0n) is 17.8. The van der Waals surface area contributed by atoms with Gasteiger partial charge in [-0.15, -0.1) is 34.2 Å². The lowest BCUT2D eigenvalue weighted by Crippen LogP contribution is -2.46. The third-order valence-electron chi connectivity index (χ3n) is 6.06. The molecule has 6 nitrogen and oxygen atoms in total. The molecule has 1 fully saturated rings. The van der Waals surface area contributed by atoms with Gasteiger partial charge in [0.15, 0.2) is 17.4 Å². The summed E-state index contributed by atoms with van der Waals surface area (Å²) in [6.45, 7) is 3.63. The van der Waals surface area contributed by atoms with E-state index in [4.69, 9.17) is 0 Å². The maximum Gasteiger partial charge on any atom is 0.191 e. The standard InChI is InChI=1S/C23H30N6.HI/c1-18-9-8-10-19(15-18)23(12-5-3-6-13-23)17-26-22(24-2)25-16-21-28-27-20-11-4-7-14-29(20)21;/h4,7-11,14-15H,3,5-6,12-13,16-17H2,1-2H3,(H2,24,25,26);1H. The molecular weight excluding hydrogens is 487 g/mol. The lowest BCUT2D eigenvalue weighted by Gasteiger charge is -2.38. The predicted octanol–water partition coefficient (Wildman–Crippen LogP) is 4.22. The first kappa shape index (κ1) is 22.5. The van der Waals surface area contributed by atoms with E-state index in [2.05, 4.69) is 57.0 Å². The Kier molecular flexibility index (Phi) is 7.69. The molecule has 7 heteroatoms. The fraction of sp³-hybridized carbons (Fsp3) is 0.435. The summed E-state index contributed by atoms with van der Waals surface area (Å²) in [6.07, 6.45) is 8.32. The number of halogens is 1. The van der Waals surface area contributed by atoms with Crippen LogP contribution in [0, 0.1) is 6.92 Å². The lowest BCUT2D eigenvalue weighted by molar-refractivity contribution is 0.291. The first-order valence-electron chi connectivity index (χ1n) is 10.5. The number of hydrogen-bond donors (Lipinski definition) is 2. The van der Waals surface area contributed by atoms with E-state index >= 15 is 0 Å². The van der Waals surface area contributed by atoms with Gasteiger partial charge < -0.3 is 10.6 Å². The Morgan fingerprint density at radius 3 is 2.67 bits per heavy atom. The van der Waals surface area contributed by atoms with Crippen molar-refractivity contribution in [3.05, 3.63) is 65.6 Å². The van der Waals surface area contributed by atoms with Crippen molar-refractivity contribution in [1.82, 2.24) is 25.2 Å². The summed E-state index contributed by atoms with van der Waals surface area (Å²) in [6, 6.07) is 14.9. The van der Waals surface area contributed by atoms with Crippen molar-refractivity contribution < 1.29 is 0 Å². The molecule has 0 aliphatic heterocycles. The van der Waals surface area contributed by atoms with E-state index < -0.39 is 0 Å². The molecule has 2 heterocycles. The summed E-state index contributed by atoms with van der Waals surface area (Å²) < 4.78 is 2.00. The van der Waals surface area contributed by atoms with Gasteiger partial charge in [-0.05, 0) is 37.5 Å². The summed E-state index contributed by atoms with van der Waals surface area (Å²) in [5, 5.41) is 15.5. The fourth-order valence-electron chi connectivity index (χ4n) is 4.42. The number of rotatable bonds is 5. The first-order valence-corrected chi connectivity index (χ1v) is 10.5. The van der Waals surface area contributed by atoms with Crippen LogP contribution in [0.4, 0.5) is 0 Å². The molecule has 0 unspecified atom stereocenters. The normalized spacial score (nSPS) is 16.1. The number of fused-ring (bicyclic) bond motifs is 1. The summed E-state index contributed by atoms with van der Waals surface area (Å²) >= 11 is 0. The number of aromatic nitrogens is 3. The van der Waals surface area contributed by atoms with Gasteiger partial charge >= 0.3 is 0 Å². The topological polar surface area (TPSA) is 66.6 Å². The van der Waals surface area contributed by atoms with Gasteiger partial charge in [0.25, 0.3) is 0 Å². The third-order valence-corrected chi connectivity index (χ3v) is 6.06. The van der Waals surface area contributed by atoms with Crippen LogP contribution in [-0.2, 0) is 12.0 Å². The molecule has 0 radical (unpaired) electrons. The van der Waals surface area contributed by atoms with Gasteiger partial charge in [-0.1, -0.05) is 55.2 Å². The highest BCUT2D eigenvalue weighted by Crippen LogP contribution is 2.39. The number of nitrogens with one attached hydrogen (secondary N) is 2. The largest absolute Gasteiger partial charge is 0.356 e. The smallest absolute Gasteiger partial charge is 0.191 e. The second kappa shape index (κ2) is 10.2. The predicted molar refractivity (Wildman–Crippen MR) is 133 cm³/mol. The molecule has 2 N–H and O–H groups in total. The minimum absolute atomic E-state index is 0. The van der Waals surface area contributed by atoms with Crippen molar-refractivity contribution in [3.63, 3.8) is 0 Å². The molecule has 1 saturated carbocycles. The molecule has 1 aliphatic rings. The van der Waals surface area contributed by atoms with Gasteiger partial charge in [-0.25, -0.2) is 0 Å². The summed E-state index contributed by atoms with van der Waals surface area (Å²) in [5.74, 6) is 1.67. The first-order chi connectivity index (χ1) is 14.2. The molecule has 30 heavy (non-hydrogen) atoms. The Hall–Kier alpha value is -2.16. The molecular formula is C23H31IN6. The maximum absolute atomic E-state index is 4.43. The van der Waals surface area contributed by atoms with E-state index in [9.17, 15) is 0 Å². The van der Waals surface area contributed by atoms with Gasteiger partial charge in [-0.2, -0.15) is 0 Å². The van der Waals surface area contributed by atoms with Crippen LogP contribution < -0.4 is 10.6 Å². The number of aryl methyl sites for hydroxylation is 1. The Morgan fingerprint density at radius 2 is 1.90 bits per heavy atom. The van der Waals surface area contributed by atoms with Crippen molar-refractivity contribution in [2.75, 3.05) is 13.6 Å². The van der Waals surface area contributed by atoms with Crippen molar-refractivity contribution in [3.8, 4) is 0 Å². The van der Waals surface area contributed by atoms with E-state index in [-0.39, 0.29) is 29.4 Å². The Labute approximate surface area is 195 Å². The van der Waals surface area contributed by atoms with Crippen molar-refractivity contribution in [2.45, 2.75) is 51.0 Å². The minimum Gasteiger partial charge on any atom is -0.356 e. The van der Waals surface area contributed by atoms with E-state index in [1.165, 1.54) is 43.2 Å². The van der Waals surface area contributed by atoms with E-state index in [1.807, 2.05) is 35.8 Å². The molecule has 2 aromatic heterocycles. The average molecular weight is 518 g/mol. The molecule has 3 aromatic rings. The third kappa shape index (κ3) is 4.94. The van der Waals surface area contributed by atoms with E-state index in [1.54, 1.807) is 0 Å². The van der Waals surface area contributed by atoms with Crippen LogP contribution in [0.25, 0.3) is 5.65 Å². The van der Waals surface area contributed by atoms with Gasteiger partial charge in [0.05, 0.1) is 6.54 Å². The average Bonchev–Trinajstić information content (AvgIpc) is 3.18. The second-order valence-corrected chi connectivity index (χ2v) is 8.03. The molecule has 4 rings (SSSR count). The molecule has 0 spiro atoms. The van der Waals surface area contributed by atoms with Crippen LogP contribution in [0.1, 0.15) is 49.1 Å². The summed E-state index contributed by atoms with van der Waals surface area (Å²) in [5.41, 5.74) is 3.80.